The van der Waals surface area contributed by atoms with Crippen LogP contribution < -0.4 is 19.9 Å². The van der Waals surface area contributed by atoms with Crippen LogP contribution in [0.25, 0.3) is 22.3 Å². The number of carbonyl (C=O) groups is 1. The predicted molar refractivity (Wildman–Crippen MR) is 124 cm³/mol. The van der Waals surface area contributed by atoms with Gasteiger partial charge in [-0.2, -0.15) is 5.10 Å². The molecule has 0 atom stereocenters. The third kappa shape index (κ3) is 4.09. The van der Waals surface area contributed by atoms with E-state index in [1.165, 1.54) is 29.4 Å². The number of nitrogens with zero attached hydrogens (tertiary/aromatic N) is 4. The van der Waals surface area contributed by atoms with Gasteiger partial charge in [0, 0.05) is 23.9 Å². The van der Waals surface area contributed by atoms with E-state index in [4.69, 9.17) is 0 Å². The molecule has 0 bridgehead atoms. The van der Waals surface area contributed by atoms with Gasteiger partial charge >= 0.3 is 6.29 Å². The van der Waals surface area contributed by atoms with Gasteiger partial charge in [-0.1, -0.05) is 17.2 Å². The summed E-state index contributed by atoms with van der Waals surface area (Å²) in [6.07, 6.45) is -2.35. The molecule has 180 valence electrons. The number of amides is 1. The molecule has 1 aliphatic rings. The van der Waals surface area contributed by atoms with Gasteiger partial charge in [-0.15, -0.1) is 8.78 Å². The third-order valence-corrected chi connectivity index (χ3v) is 5.63. The van der Waals surface area contributed by atoms with Gasteiger partial charge in [0.2, 0.25) is 5.91 Å². The van der Waals surface area contributed by atoms with E-state index >= 15 is 0 Å². The summed E-state index contributed by atoms with van der Waals surface area (Å²) in [5.41, 5.74) is 3.74. The van der Waals surface area contributed by atoms with Gasteiger partial charge in [0.05, 0.1) is 6.33 Å². The van der Waals surface area contributed by atoms with Gasteiger partial charge in [-0.25, -0.2) is 9.67 Å². The van der Waals surface area contributed by atoms with Crippen LogP contribution in [-0.2, 0) is 11.3 Å². The number of hydrogen-bond donors (Lipinski definition) is 1. The van der Waals surface area contributed by atoms with Gasteiger partial charge in [0.25, 0.3) is 5.56 Å². The molecule has 2 aromatic heterocycles. The monoisotopic (exact) mass is 481 g/mol. The average Bonchev–Trinajstić information content (AvgIpc) is 3.38. The Balaban J connectivity index is 1.51. The number of hydrogen-bond acceptors (Lipinski definition) is 6. The van der Waals surface area contributed by atoms with Gasteiger partial charge in [-0.05, 0) is 45.0 Å². The number of ether oxygens (including phenoxy) is 2. The van der Waals surface area contributed by atoms with Crippen LogP contribution in [0.3, 0.4) is 0 Å². The molecule has 4 aromatic rings. The SMILES string of the molecule is CCN(C(=O)Cn1nc(-c2cc(C)cc(C)c2)c2nc[nH]c2c1=O)c1ccc2c(c1)OC(F)(F)O2. The van der Waals surface area contributed by atoms with Crippen LogP contribution in [0.1, 0.15) is 18.1 Å². The van der Waals surface area contributed by atoms with Crippen molar-refractivity contribution in [2.24, 2.45) is 0 Å². The maximum absolute atomic E-state index is 13.4. The van der Waals surface area contributed by atoms with Gasteiger partial charge in [0.15, 0.2) is 11.5 Å². The Bertz CT molecular complexity index is 1510. The zero-order valence-corrected chi connectivity index (χ0v) is 19.1. The number of H-pyrrole nitrogens is 1. The maximum Gasteiger partial charge on any atom is 0.586 e. The largest absolute Gasteiger partial charge is 0.586 e. The summed E-state index contributed by atoms with van der Waals surface area (Å²) in [5, 5.41) is 4.48. The number of aryl methyl sites for hydroxylation is 2. The Labute approximate surface area is 197 Å². The zero-order valence-electron chi connectivity index (χ0n) is 19.1. The summed E-state index contributed by atoms with van der Waals surface area (Å²) in [4.78, 5) is 34.7. The summed E-state index contributed by atoms with van der Waals surface area (Å²) >= 11 is 0. The minimum atomic E-state index is -3.76. The Morgan fingerprint density at radius 2 is 1.83 bits per heavy atom. The summed E-state index contributed by atoms with van der Waals surface area (Å²) in [6.45, 7) is 5.49. The van der Waals surface area contributed by atoms with Gasteiger partial charge in [-0.3, -0.25) is 9.59 Å². The molecular weight excluding hydrogens is 460 g/mol. The fourth-order valence-corrected chi connectivity index (χ4v) is 4.21. The number of fused-ring (bicyclic) bond motifs is 2. The highest BCUT2D eigenvalue weighted by molar-refractivity contribution is 5.94. The Morgan fingerprint density at radius 3 is 2.54 bits per heavy atom. The summed E-state index contributed by atoms with van der Waals surface area (Å²) < 4.78 is 36.8. The molecule has 0 spiro atoms. The fourth-order valence-electron chi connectivity index (χ4n) is 4.21. The number of anilines is 1. The molecule has 0 saturated heterocycles. The predicted octanol–water partition coefficient (Wildman–Crippen LogP) is 3.78. The molecule has 11 heteroatoms. The lowest BCUT2D eigenvalue weighted by molar-refractivity contribution is -0.286. The van der Waals surface area contributed by atoms with Crippen molar-refractivity contribution in [2.45, 2.75) is 33.6 Å². The Hall–Kier alpha value is -4.28. The van der Waals surface area contributed by atoms with E-state index in [2.05, 4.69) is 24.5 Å². The van der Waals surface area contributed by atoms with E-state index < -0.39 is 17.8 Å². The van der Waals surface area contributed by atoms with E-state index in [9.17, 15) is 18.4 Å². The van der Waals surface area contributed by atoms with Crippen LogP contribution in [0.15, 0.2) is 47.5 Å². The number of benzene rings is 2. The molecule has 1 aliphatic heterocycles. The number of alkyl halides is 2. The van der Waals surface area contributed by atoms with Crippen LogP contribution in [0.2, 0.25) is 0 Å². The topological polar surface area (TPSA) is 102 Å². The molecule has 0 aliphatic carbocycles. The first-order valence-electron chi connectivity index (χ1n) is 10.9. The van der Waals surface area contributed by atoms with Crippen molar-refractivity contribution >= 4 is 22.6 Å². The summed E-state index contributed by atoms with van der Waals surface area (Å²) in [6, 6.07) is 9.96. The van der Waals surface area contributed by atoms with Crippen LogP contribution in [0.5, 0.6) is 11.5 Å². The smallest absolute Gasteiger partial charge is 0.395 e. The summed E-state index contributed by atoms with van der Waals surface area (Å²) in [7, 11) is 0. The number of carbonyl (C=O) groups excluding carboxylic acids is 1. The molecule has 0 fully saturated rings. The lowest BCUT2D eigenvalue weighted by Gasteiger charge is -2.21. The van der Waals surface area contributed by atoms with Crippen molar-refractivity contribution in [3.05, 3.63) is 64.2 Å². The third-order valence-electron chi connectivity index (χ3n) is 5.63. The first-order valence-corrected chi connectivity index (χ1v) is 10.9. The van der Waals surface area contributed by atoms with Crippen molar-refractivity contribution in [1.29, 1.82) is 0 Å². The van der Waals surface area contributed by atoms with Gasteiger partial charge < -0.3 is 19.4 Å². The van der Waals surface area contributed by atoms with Crippen molar-refractivity contribution in [1.82, 2.24) is 19.7 Å². The van der Waals surface area contributed by atoms with E-state index in [0.29, 0.717) is 16.9 Å². The highest BCUT2D eigenvalue weighted by Gasteiger charge is 2.43. The normalized spacial score (nSPS) is 13.9. The first kappa shape index (κ1) is 22.5. The molecule has 1 N–H and O–H groups in total. The molecule has 0 saturated carbocycles. The van der Waals surface area contributed by atoms with E-state index in [1.807, 2.05) is 32.0 Å². The fraction of sp³-hybridized carbons (Fsp3) is 0.250. The molecule has 35 heavy (non-hydrogen) atoms. The lowest BCUT2D eigenvalue weighted by Crippen LogP contribution is -2.37. The number of aromatic amines is 1. The molecule has 3 heterocycles. The minimum absolute atomic E-state index is 0.122. The highest BCUT2D eigenvalue weighted by Crippen LogP contribution is 2.42. The molecule has 9 nitrogen and oxygen atoms in total. The number of imidazole rings is 1. The van der Waals surface area contributed by atoms with Crippen LogP contribution in [0, 0.1) is 13.8 Å². The van der Waals surface area contributed by atoms with Crippen molar-refractivity contribution < 1.29 is 23.0 Å². The zero-order chi connectivity index (χ0) is 24.9. The first-order chi connectivity index (χ1) is 16.6. The van der Waals surface area contributed by atoms with Crippen LogP contribution in [0.4, 0.5) is 14.5 Å². The molecule has 1 amide bonds. The lowest BCUT2D eigenvalue weighted by atomic mass is 10.0. The second-order valence-electron chi connectivity index (χ2n) is 8.25. The van der Waals surface area contributed by atoms with Crippen molar-refractivity contribution in [3.8, 4) is 22.8 Å². The summed E-state index contributed by atoms with van der Waals surface area (Å²) in [5.74, 6) is -0.758. The number of halogens is 2. The number of aromatic nitrogens is 4. The van der Waals surface area contributed by atoms with E-state index in [0.717, 1.165) is 21.4 Å². The van der Waals surface area contributed by atoms with E-state index in [-0.39, 0.29) is 30.1 Å². The van der Waals surface area contributed by atoms with Crippen molar-refractivity contribution in [3.63, 3.8) is 0 Å². The number of likely N-dealkylation sites (N-methyl/N-ethyl adjacent to an activating group) is 1. The van der Waals surface area contributed by atoms with Crippen molar-refractivity contribution in [2.75, 3.05) is 11.4 Å². The molecule has 0 radical (unpaired) electrons. The molecule has 0 unspecified atom stereocenters. The maximum atomic E-state index is 13.4. The second kappa shape index (κ2) is 8.19. The van der Waals surface area contributed by atoms with Crippen LogP contribution in [-0.4, -0.2) is 38.5 Å². The van der Waals surface area contributed by atoms with Gasteiger partial charge in [0.1, 0.15) is 23.3 Å². The van der Waals surface area contributed by atoms with Crippen LogP contribution >= 0.6 is 0 Å². The quantitative estimate of drug-likeness (QED) is 0.466. The highest BCUT2D eigenvalue weighted by atomic mass is 19.3. The second-order valence-corrected chi connectivity index (χ2v) is 8.25. The Morgan fingerprint density at radius 1 is 1.11 bits per heavy atom. The minimum Gasteiger partial charge on any atom is -0.395 e. The number of rotatable bonds is 5. The number of nitrogens with one attached hydrogen (secondary N) is 1. The molecule has 2 aromatic carbocycles. The molecule has 5 rings (SSSR count). The Kier molecular flexibility index (Phi) is 5.27. The molecular formula is C24H21F2N5O4. The standard InChI is InChI=1S/C24H21F2N5O4/c1-4-30(16-5-6-17-18(10-16)35-24(25,26)34-17)19(32)11-31-23(33)22-21(27-12-28-22)20(29-31)15-8-13(2)7-14(3)9-15/h5-10,12H,4,11H2,1-3H3,(H,27,28). The van der Waals surface area contributed by atoms with E-state index in [1.54, 1.807) is 6.92 Å². The average molecular weight is 481 g/mol.